The van der Waals surface area contributed by atoms with Gasteiger partial charge in [-0.3, -0.25) is 4.79 Å². The Bertz CT molecular complexity index is 1190. The van der Waals surface area contributed by atoms with Gasteiger partial charge in [0.25, 0.3) is 0 Å². The van der Waals surface area contributed by atoms with Gasteiger partial charge < -0.3 is 18.8 Å². The molecule has 7 heteroatoms. The van der Waals surface area contributed by atoms with Gasteiger partial charge in [0.15, 0.2) is 18.1 Å². The van der Waals surface area contributed by atoms with Crippen LogP contribution in [0.1, 0.15) is 37.7 Å². The lowest BCUT2D eigenvalue weighted by Gasteiger charge is -2.11. The minimum absolute atomic E-state index is 0.191. The molecule has 0 unspecified atom stereocenters. The van der Waals surface area contributed by atoms with Gasteiger partial charge in [-0.15, -0.1) is 0 Å². The molecule has 150 valence electrons. The quantitative estimate of drug-likeness (QED) is 0.477. The molecule has 30 heavy (non-hydrogen) atoms. The van der Waals surface area contributed by atoms with E-state index in [0.29, 0.717) is 22.6 Å². The van der Waals surface area contributed by atoms with E-state index in [1.165, 1.54) is 24.3 Å². The number of fused-ring (bicyclic) bond motifs is 1. The first-order valence-electron chi connectivity index (χ1n) is 9.27. The summed E-state index contributed by atoms with van der Waals surface area (Å²) in [6.07, 6.45) is 0. The molecule has 4 rings (SSSR count). The van der Waals surface area contributed by atoms with Crippen LogP contribution in [0.25, 0.3) is 5.69 Å². The van der Waals surface area contributed by atoms with Crippen LogP contribution in [-0.4, -0.2) is 29.7 Å². The molecule has 2 aromatic carbocycles. The van der Waals surface area contributed by atoms with E-state index in [1.807, 2.05) is 42.7 Å². The first kappa shape index (κ1) is 19.3. The molecule has 0 spiro atoms. The number of rotatable bonds is 5. The molecule has 0 atom stereocenters. The zero-order chi connectivity index (χ0) is 21.3. The Morgan fingerprint density at radius 3 is 2.53 bits per heavy atom. The second kappa shape index (κ2) is 7.76. The Morgan fingerprint density at radius 1 is 1.07 bits per heavy atom. The Kier molecular flexibility index (Phi) is 4.98. The van der Waals surface area contributed by atoms with Gasteiger partial charge in [0.1, 0.15) is 0 Å². The van der Waals surface area contributed by atoms with Crippen LogP contribution < -0.4 is 9.47 Å². The number of aromatic nitrogens is 1. The fraction of sp³-hybridized carbons (Fsp3) is 0.174. The van der Waals surface area contributed by atoms with Crippen molar-refractivity contribution in [2.75, 3.05) is 13.4 Å². The van der Waals surface area contributed by atoms with Gasteiger partial charge in [0, 0.05) is 28.7 Å². The number of carbonyl (C=O) groups excluding carboxylic acids is 2. The maximum absolute atomic E-state index is 12.7. The molecule has 0 fully saturated rings. The van der Waals surface area contributed by atoms with Crippen LogP contribution in [0, 0.1) is 25.2 Å². The lowest BCUT2D eigenvalue weighted by Crippen LogP contribution is -2.15. The summed E-state index contributed by atoms with van der Waals surface area (Å²) in [6.45, 7) is 3.56. The first-order valence-corrected chi connectivity index (χ1v) is 9.27. The fourth-order valence-electron chi connectivity index (χ4n) is 3.44. The molecule has 3 aromatic rings. The number of aryl methyl sites for hydroxylation is 1. The molecule has 0 N–H and O–H groups in total. The number of ketones is 1. The zero-order valence-electron chi connectivity index (χ0n) is 16.5. The highest BCUT2D eigenvalue weighted by atomic mass is 16.7. The van der Waals surface area contributed by atoms with E-state index < -0.39 is 5.97 Å². The number of Topliss-reactive ketones (excluding diaryl/α,β-unsaturated/α-hetero) is 1. The third kappa shape index (κ3) is 3.51. The zero-order valence-corrected chi connectivity index (χ0v) is 16.5. The van der Waals surface area contributed by atoms with E-state index >= 15 is 0 Å². The molecule has 1 aromatic heterocycles. The minimum atomic E-state index is -0.614. The SMILES string of the molecule is Cc1cc(C(=O)COC(=O)c2ccc(C#N)cc2)c(C)n1-c1ccc2c(c1)OCO2. The second-order valence-electron chi connectivity index (χ2n) is 6.85. The van der Waals surface area contributed by atoms with E-state index in [2.05, 4.69) is 0 Å². The van der Waals surface area contributed by atoms with Crippen molar-refractivity contribution in [2.45, 2.75) is 13.8 Å². The Morgan fingerprint density at radius 2 is 1.80 bits per heavy atom. The topological polar surface area (TPSA) is 90.6 Å². The van der Waals surface area contributed by atoms with Gasteiger partial charge >= 0.3 is 5.97 Å². The lowest BCUT2D eigenvalue weighted by molar-refractivity contribution is 0.0474. The van der Waals surface area contributed by atoms with Crippen LogP contribution in [-0.2, 0) is 4.74 Å². The van der Waals surface area contributed by atoms with Gasteiger partial charge in [-0.05, 0) is 56.3 Å². The average molecular weight is 402 g/mol. The van der Waals surface area contributed by atoms with Crippen LogP contribution in [0.5, 0.6) is 11.5 Å². The number of ether oxygens (including phenoxy) is 3. The number of nitriles is 1. The number of esters is 1. The summed E-state index contributed by atoms with van der Waals surface area (Å²) < 4.78 is 17.9. The maximum Gasteiger partial charge on any atom is 0.338 e. The Labute approximate surface area is 173 Å². The van der Waals surface area contributed by atoms with Crippen LogP contribution in [0.15, 0.2) is 48.5 Å². The second-order valence-corrected chi connectivity index (χ2v) is 6.85. The standard InChI is InChI=1S/C23H18N2O5/c1-14-9-19(15(2)25(14)18-7-8-21-22(10-18)30-13-29-21)20(26)12-28-23(27)17-5-3-16(11-24)4-6-17/h3-10H,12-13H2,1-2H3. The minimum Gasteiger partial charge on any atom is -0.454 e. The highest BCUT2D eigenvalue weighted by Gasteiger charge is 2.20. The molecule has 0 radical (unpaired) electrons. The van der Waals surface area contributed by atoms with Crippen molar-refractivity contribution in [1.29, 1.82) is 5.26 Å². The molecule has 2 heterocycles. The van der Waals surface area contributed by atoms with Crippen LogP contribution in [0.3, 0.4) is 0 Å². The summed E-state index contributed by atoms with van der Waals surface area (Å²) in [5.41, 5.74) is 3.67. The summed E-state index contributed by atoms with van der Waals surface area (Å²) in [4.78, 5) is 24.9. The molecular formula is C23H18N2O5. The van der Waals surface area contributed by atoms with Gasteiger partial charge in [-0.1, -0.05) is 0 Å². The third-order valence-electron chi connectivity index (χ3n) is 4.93. The number of benzene rings is 2. The normalized spacial score (nSPS) is 11.8. The van der Waals surface area contributed by atoms with E-state index in [1.54, 1.807) is 6.07 Å². The molecule has 0 aliphatic carbocycles. The molecule has 1 aliphatic rings. The fourth-order valence-corrected chi connectivity index (χ4v) is 3.44. The molecule has 1 aliphatic heterocycles. The molecule has 0 bridgehead atoms. The predicted molar refractivity (Wildman–Crippen MR) is 107 cm³/mol. The van der Waals surface area contributed by atoms with Gasteiger partial charge in [0.05, 0.1) is 17.2 Å². The molecule has 0 saturated carbocycles. The first-order chi connectivity index (χ1) is 14.5. The summed E-state index contributed by atoms with van der Waals surface area (Å²) >= 11 is 0. The van der Waals surface area contributed by atoms with Crippen molar-refractivity contribution in [3.8, 4) is 23.3 Å². The molecule has 7 nitrogen and oxygen atoms in total. The highest BCUT2D eigenvalue weighted by Crippen LogP contribution is 2.34. The number of hydrogen-bond donors (Lipinski definition) is 0. The number of carbonyl (C=O) groups is 2. The Balaban J connectivity index is 1.50. The van der Waals surface area contributed by atoms with Crippen LogP contribution in [0.2, 0.25) is 0 Å². The summed E-state index contributed by atoms with van der Waals surface area (Å²) in [5, 5.41) is 8.82. The van der Waals surface area contributed by atoms with Gasteiger partial charge in [-0.2, -0.15) is 5.26 Å². The van der Waals surface area contributed by atoms with Crippen LogP contribution >= 0.6 is 0 Å². The van der Waals surface area contributed by atoms with Gasteiger partial charge in [0.2, 0.25) is 12.6 Å². The van der Waals surface area contributed by atoms with E-state index in [-0.39, 0.29) is 24.7 Å². The van der Waals surface area contributed by atoms with E-state index in [4.69, 9.17) is 19.5 Å². The van der Waals surface area contributed by atoms with Crippen molar-refractivity contribution in [1.82, 2.24) is 4.57 Å². The molecule has 0 amide bonds. The van der Waals surface area contributed by atoms with Crippen molar-refractivity contribution >= 4 is 11.8 Å². The van der Waals surface area contributed by atoms with E-state index in [0.717, 1.165) is 17.1 Å². The average Bonchev–Trinajstić information content (AvgIpc) is 3.35. The summed E-state index contributed by atoms with van der Waals surface area (Å²) in [7, 11) is 0. The largest absolute Gasteiger partial charge is 0.454 e. The maximum atomic E-state index is 12.7. The highest BCUT2D eigenvalue weighted by molar-refractivity contribution is 6.00. The third-order valence-corrected chi connectivity index (χ3v) is 4.93. The summed E-state index contributed by atoms with van der Waals surface area (Å²) in [6, 6.07) is 15.4. The van der Waals surface area contributed by atoms with Gasteiger partial charge in [-0.25, -0.2) is 4.79 Å². The van der Waals surface area contributed by atoms with E-state index in [9.17, 15) is 9.59 Å². The number of hydrogen-bond acceptors (Lipinski definition) is 6. The van der Waals surface area contributed by atoms with Crippen molar-refractivity contribution in [3.63, 3.8) is 0 Å². The van der Waals surface area contributed by atoms with Crippen molar-refractivity contribution in [3.05, 3.63) is 76.6 Å². The van der Waals surface area contributed by atoms with Crippen LogP contribution in [0.4, 0.5) is 0 Å². The monoisotopic (exact) mass is 402 g/mol. The molecular weight excluding hydrogens is 384 g/mol. The molecule has 0 saturated heterocycles. The number of nitrogens with zero attached hydrogens (tertiary/aromatic N) is 2. The Hall–Kier alpha value is -4.05. The lowest BCUT2D eigenvalue weighted by atomic mass is 10.1. The predicted octanol–water partition coefficient (Wildman–Crippen LogP) is 3.73. The van der Waals surface area contributed by atoms with Crippen molar-refractivity contribution in [2.24, 2.45) is 0 Å². The summed E-state index contributed by atoms with van der Waals surface area (Å²) in [5.74, 6) is 0.436. The van der Waals surface area contributed by atoms with Crippen molar-refractivity contribution < 1.29 is 23.8 Å². The smallest absolute Gasteiger partial charge is 0.338 e.